The maximum absolute atomic E-state index is 11.5. The lowest BCUT2D eigenvalue weighted by molar-refractivity contribution is 0.0607. The molecular formula is C12H9BrClNO2S. The number of halogens is 2. The summed E-state index contributed by atoms with van der Waals surface area (Å²) in [6, 6.07) is 7.28. The van der Waals surface area contributed by atoms with Gasteiger partial charge in [-0.3, -0.25) is 0 Å². The third-order valence-corrected chi connectivity index (χ3v) is 4.30. The zero-order chi connectivity index (χ0) is 13.3. The Morgan fingerprint density at radius 2 is 2.17 bits per heavy atom. The molecule has 2 aromatic rings. The summed E-state index contributed by atoms with van der Waals surface area (Å²) >= 11 is 10.8. The van der Waals surface area contributed by atoms with Crippen LogP contribution < -0.4 is 5.73 Å². The molecule has 0 spiro atoms. The molecule has 0 fully saturated rings. The molecule has 0 atom stereocenters. The lowest BCUT2D eigenvalue weighted by Crippen LogP contribution is -2.00. The minimum Gasteiger partial charge on any atom is -0.465 e. The molecule has 0 aliphatic heterocycles. The third kappa shape index (κ3) is 2.53. The summed E-state index contributed by atoms with van der Waals surface area (Å²) in [7, 11) is 1.33. The van der Waals surface area contributed by atoms with Gasteiger partial charge in [-0.05, 0) is 18.2 Å². The quantitative estimate of drug-likeness (QED) is 0.829. The Morgan fingerprint density at radius 1 is 1.44 bits per heavy atom. The van der Waals surface area contributed by atoms with E-state index in [0.29, 0.717) is 15.6 Å². The number of carbonyl (C=O) groups is 1. The molecule has 0 bridgehead atoms. The minimum absolute atomic E-state index is 0.395. The molecule has 1 aromatic heterocycles. The van der Waals surface area contributed by atoms with Gasteiger partial charge in [-0.2, -0.15) is 0 Å². The van der Waals surface area contributed by atoms with E-state index in [0.717, 1.165) is 14.9 Å². The van der Waals surface area contributed by atoms with Gasteiger partial charge in [0, 0.05) is 14.9 Å². The Balaban J connectivity index is 2.49. The molecule has 0 aliphatic rings. The molecule has 0 saturated carbocycles. The van der Waals surface area contributed by atoms with Crippen LogP contribution in [0.4, 0.5) is 5.69 Å². The average molecular weight is 347 g/mol. The van der Waals surface area contributed by atoms with Crippen molar-refractivity contribution >= 4 is 50.5 Å². The first-order valence-electron chi connectivity index (χ1n) is 4.96. The van der Waals surface area contributed by atoms with E-state index in [2.05, 4.69) is 20.7 Å². The van der Waals surface area contributed by atoms with Gasteiger partial charge in [-0.15, -0.1) is 11.3 Å². The Morgan fingerprint density at radius 3 is 2.78 bits per heavy atom. The van der Waals surface area contributed by atoms with Crippen LogP contribution in [0.2, 0.25) is 5.02 Å². The van der Waals surface area contributed by atoms with Gasteiger partial charge in [0.05, 0.1) is 17.8 Å². The van der Waals surface area contributed by atoms with Crippen LogP contribution in [-0.2, 0) is 4.74 Å². The van der Waals surface area contributed by atoms with Crippen LogP contribution in [0.25, 0.3) is 10.4 Å². The van der Waals surface area contributed by atoms with Gasteiger partial charge in [0.25, 0.3) is 0 Å². The topological polar surface area (TPSA) is 52.3 Å². The summed E-state index contributed by atoms with van der Waals surface area (Å²) in [5.41, 5.74) is 7.04. The predicted molar refractivity (Wildman–Crippen MR) is 78.2 cm³/mol. The summed E-state index contributed by atoms with van der Waals surface area (Å²) in [4.78, 5) is 12.7. The first-order valence-corrected chi connectivity index (χ1v) is 6.94. The van der Waals surface area contributed by atoms with E-state index in [-0.39, 0.29) is 0 Å². The molecule has 1 heterocycles. The third-order valence-electron chi connectivity index (χ3n) is 2.33. The molecule has 2 rings (SSSR count). The maximum Gasteiger partial charge on any atom is 0.350 e. The first-order chi connectivity index (χ1) is 8.52. The number of nitrogens with two attached hydrogens (primary N) is 1. The number of ether oxygens (including phenoxy) is 1. The number of nitrogen functional groups attached to an aromatic ring is 1. The van der Waals surface area contributed by atoms with Crippen LogP contribution in [0, 0.1) is 0 Å². The molecular weight excluding hydrogens is 338 g/mol. The van der Waals surface area contributed by atoms with Gasteiger partial charge in [-0.25, -0.2) is 4.79 Å². The van der Waals surface area contributed by atoms with Crippen molar-refractivity contribution in [3.05, 3.63) is 38.6 Å². The SMILES string of the molecule is COC(=O)c1sc(-c2ccc(Br)cc2Cl)cc1N. The van der Waals surface area contributed by atoms with Gasteiger partial charge in [0.1, 0.15) is 4.88 Å². The van der Waals surface area contributed by atoms with Gasteiger partial charge in [0.15, 0.2) is 0 Å². The van der Waals surface area contributed by atoms with E-state index >= 15 is 0 Å². The van der Waals surface area contributed by atoms with Crippen molar-refractivity contribution in [1.82, 2.24) is 0 Å². The van der Waals surface area contributed by atoms with Crippen molar-refractivity contribution in [2.75, 3.05) is 12.8 Å². The standard InChI is InChI=1S/C12H9BrClNO2S/c1-17-12(16)11-9(15)5-10(18-11)7-3-2-6(13)4-8(7)14/h2-5H,15H2,1H3. The fraction of sp³-hybridized carbons (Fsp3) is 0.0833. The predicted octanol–water partition coefficient (Wildman–Crippen LogP) is 4.20. The second-order valence-electron chi connectivity index (χ2n) is 3.51. The summed E-state index contributed by atoms with van der Waals surface area (Å²) in [5.74, 6) is -0.433. The summed E-state index contributed by atoms with van der Waals surface area (Å²) in [6.07, 6.45) is 0. The van der Waals surface area contributed by atoms with E-state index in [1.54, 1.807) is 12.1 Å². The Hall–Kier alpha value is -1.04. The largest absolute Gasteiger partial charge is 0.465 e. The molecule has 1 aromatic carbocycles. The highest BCUT2D eigenvalue weighted by atomic mass is 79.9. The number of carbonyl (C=O) groups excluding carboxylic acids is 1. The number of thiophene rings is 1. The zero-order valence-corrected chi connectivity index (χ0v) is 12.5. The maximum atomic E-state index is 11.5. The van der Waals surface area contributed by atoms with Gasteiger partial charge >= 0.3 is 5.97 Å². The Labute approximate surface area is 122 Å². The van der Waals surface area contributed by atoms with Gasteiger partial charge in [-0.1, -0.05) is 33.6 Å². The molecule has 0 saturated heterocycles. The second kappa shape index (κ2) is 5.30. The zero-order valence-electron chi connectivity index (χ0n) is 9.37. The monoisotopic (exact) mass is 345 g/mol. The van der Waals surface area contributed by atoms with Crippen LogP contribution in [0.3, 0.4) is 0 Å². The van der Waals surface area contributed by atoms with Crippen molar-refractivity contribution < 1.29 is 9.53 Å². The Kier molecular flexibility index (Phi) is 3.94. The molecule has 6 heteroatoms. The number of benzene rings is 1. The normalized spacial score (nSPS) is 10.4. The molecule has 0 radical (unpaired) electrons. The van der Waals surface area contributed by atoms with Crippen LogP contribution >= 0.6 is 38.9 Å². The second-order valence-corrected chi connectivity index (χ2v) is 5.89. The summed E-state index contributed by atoms with van der Waals surface area (Å²) < 4.78 is 5.56. The van der Waals surface area contributed by atoms with Crippen LogP contribution in [0.15, 0.2) is 28.7 Å². The average Bonchev–Trinajstić information content (AvgIpc) is 2.70. The van der Waals surface area contributed by atoms with Gasteiger partial charge < -0.3 is 10.5 Å². The fourth-order valence-corrected chi connectivity index (χ4v) is 3.35. The summed E-state index contributed by atoms with van der Waals surface area (Å²) in [6.45, 7) is 0. The lowest BCUT2D eigenvalue weighted by atomic mass is 10.2. The molecule has 18 heavy (non-hydrogen) atoms. The van der Waals surface area contributed by atoms with Crippen molar-refractivity contribution in [2.45, 2.75) is 0 Å². The molecule has 94 valence electrons. The number of hydrogen-bond acceptors (Lipinski definition) is 4. The molecule has 3 nitrogen and oxygen atoms in total. The highest BCUT2D eigenvalue weighted by molar-refractivity contribution is 9.10. The van der Waals surface area contributed by atoms with Crippen molar-refractivity contribution in [3.8, 4) is 10.4 Å². The van der Waals surface area contributed by atoms with Crippen molar-refractivity contribution in [2.24, 2.45) is 0 Å². The lowest BCUT2D eigenvalue weighted by Gasteiger charge is -2.01. The smallest absolute Gasteiger partial charge is 0.350 e. The number of anilines is 1. The molecule has 0 amide bonds. The highest BCUT2D eigenvalue weighted by Crippen LogP contribution is 2.38. The van der Waals surface area contributed by atoms with Crippen molar-refractivity contribution in [1.29, 1.82) is 0 Å². The number of hydrogen-bond donors (Lipinski definition) is 1. The molecule has 0 unspecified atom stereocenters. The van der Waals surface area contributed by atoms with Crippen LogP contribution in [0.5, 0.6) is 0 Å². The number of esters is 1. The molecule has 2 N–H and O–H groups in total. The van der Waals surface area contributed by atoms with E-state index in [9.17, 15) is 4.79 Å². The van der Waals surface area contributed by atoms with E-state index in [1.807, 2.05) is 12.1 Å². The van der Waals surface area contributed by atoms with Crippen LogP contribution in [0.1, 0.15) is 9.67 Å². The van der Waals surface area contributed by atoms with Crippen LogP contribution in [-0.4, -0.2) is 13.1 Å². The fourth-order valence-electron chi connectivity index (χ4n) is 1.48. The van der Waals surface area contributed by atoms with E-state index < -0.39 is 5.97 Å². The van der Waals surface area contributed by atoms with E-state index in [1.165, 1.54) is 18.4 Å². The number of rotatable bonds is 2. The summed E-state index contributed by atoms with van der Waals surface area (Å²) in [5, 5.41) is 0.599. The Bertz CT molecular complexity index is 612. The first kappa shape index (κ1) is 13.4. The minimum atomic E-state index is -0.433. The number of methoxy groups -OCH3 is 1. The van der Waals surface area contributed by atoms with E-state index in [4.69, 9.17) is 17.3 Å². The van der Waals surface area contributed by atoms with Gasteiger partial charge in [0.2, 0.25) is 0 Å². The van der Waals surface area contributed by atoms with Crippen molar-refractivity contribution in [3.63, 3.8) is 0 Å². The molecule has 0 aliphatic carbocycles. The highest BCUT2D eigenvalue weighted by Gasteiger charge is 2.16.